The number of ether oxygens (including phenoxy) is 3. The molecule has 1 N–H and O–H groups in total. The van der Waals surface area contributed by atoms with Crippen molar-refractivity contribution < 1.29 is 28.6 Å². The van der Waals surface area contributed by atoms with Crippen LogP contribution >= 0.6 is 0 Å². The molecule has 0 unspecified atom stereocenters. The van der Waals surface area contributed by atoms with E-state index in [-0.39, 0.29) is 12.5 Å². The molecular formula is C29H30N4O6. The van der Waals surface area contributed by atoms with Crippen molar-refractivity contribution in [2.45, 2.75) is 19.3 Å². The molecule has 0 aliphatic carbocycles. The van der Waals surface area contributed by atoms with Crippen LogP contribution in [0, 0.1) is 0 Å². The van der Waals surface area contributed by atoms with E-state index < -0.39 is 11.9 Å². The molecule has 2 aliphatic heterocycles. The minimum Gasteiger partial charge on any atom is -0.486 e. The molecule has 0 atom stereocenters. The average molecular weight is 531 g/mol. The van der Waals surface area contributed by atoms with Gasteiger partial charge in [0.15, 0.2) is 18.1 Å². The SMILES string of the molecule is O=C(COC(=O)/C=C/c1cn(-c2ccccc2)nc1-c1ccc2c(c1)OCCO2)NCCCN1CCCC1=O. The van der Waals surface area contributed by atoms with Crippen LogP contribution in [-0.4, -0.2) is 71.9 Å². The van der Waals surface area contributed by atoms with Crippen LogP contribution in [0.1, 0.15) is 24.8 Å². The maximum absolute atomic E-state index is 12.4. The molecular weight excluding hydrogens is 500 g/mol. The summed E-state index contributed by atoms with van der Waals surface area (Å²) in [5.74, 6) is 0.441. The summed E-state index contributed by atoms with van der Waals surface area (Å²) in [6.07, 6.45) is 6.86. The summed E-state index contributed by atoms with van der Waals surface area (Å²) >= 11 is 0. The van der Waals surface area contributed by atoms with Crippen molar-refractivity contribution in [2.24, 2.45) is 0 Å². The molecule has 0 spiro atoms. The van der Waals surface area contributed by atoms with Crippen LogP contribution < -0.4 is 14.8 Å². The number of hydrogen-bond acceptors (Lipinski definition) is 7. The third-order valence-corrected chi connectivity index (χ3v) is 6.42. The summed E-state index contributed by atoms with van der Waals surface area (Å²) in [4.78, 5) is 37.9. The van der Waals surface area contributed by atoms with Gasteiger partial charge in [0.1, 0.15) is 18.9 Å². The zero-order chi connectivity index (χ0) is 27.0. The minimum atomic E-state index is -0.645. The first-order valence-electron chi connectivity index (χ1n) is 13.0. The Bertz CT molecular complexity index is 1370. The molecule has 0 saturated carbocycles. The number of amides is 2. The Labute approximate surface area is 226 Å². The van der Waals surface area contributed by atoms with Gasteiger partial charge in [0.25, 0.3) is 5.91 Å². The fourth-order valence-electron chi connectivity index (χ4n) is 4.47. The standard InChI is InChI=1S/C29H30N4O6/c34-26(30-13-5-15-32-14-4-8-27(32)35)20-39-28(36)12-10-22-19-33(23-6-2-1-3-7-23)31-29(22)21-9-11-24-25(18-21)38-17-16-37-24/h1-3,6-7,9-12,18-19H,4-5,8,13-17,20H2,(H,30,34)/b12-10+. The number of para-hydroxylation sites is 1. The van der Waals surface area contributed by atoms with E-state index in [4.69, 9.17) is 19.3 Å². The predicted molar refractivity (Wildman–Crippen MR) is 143 cm³/mol. The first kappa shape index (κ1) is 26.0. The van der Waals surface area contributed by atoms with Gasteiger partial charge in [0.05, 0.1) is 5.69 Å². The summed E-state index contributed by atoms with van der Waals surface area (Å²) < 4.78 is 18.2. The zero-order valence-corrected chi connectivity index (χ0v) is 21.5. The molecule has 2 aromatic carbocycles. The lowest BCUT2D eigenvalue weighted by molar-refractivity contribution is -0.143. The summed E-state index contributed by atoms with van der Waals surface area (Å²) in [5.41, 5.74) is 3.00. The van der Waals surface area contributed by atoms with Crippen LogP contribution in [0.3, 0.4) is 0 Å². The molecule has 0 bridgehead atoms. The monoisotopic (exact) mass is 530 g/mol. The van der Waals surface area contributed by atoms with Crippen molar-refractivity contribution in [3.05, 3.63) is 66.4 Å². The lowest BCUT2D eigenvalue weighted by Crippen LogP contribution is -2.32. The predicted octanol–water partition coefficient (Wildman–Crippen LogP) is 3.00. The highest BCUT2D eigenvalue weighted by molar-refractivity contribution is 5.90. The highest BCUT2D eigenvalue weighted by Crippen LogP contribution is 2.35. The highest BCUT2D eigenvalue weighted by atomic mass is 16.6. The molecule has 10 nitrogen and oxygen atoms in total. The molecule has 1 aromatic heterocycles. The number of benzene rings is 2. The van der Waals surface area contributed by atoms with Gasteiger partial charge in [-0.05, 0) is 49.2 Å². The quantitative estimate of drug-likeness (QED) is 0.244. The Hall–Kier alpha value is -4.60. The molecule has 2 aliphatic rings. The fraction of sp³-hybridized carbons (Fsp3) is 0.310. The van der Waals surface area contributed by atoms with Gasteiger partial charge < -0.3 is 24.4 Å². The second kappa shape index (κ2) is 12.3. The molecule has 1 fully saturated rings. The smallest absolute Gasteiger partial charge is 0.331 e. The lowest BCUT2D eigenvalue weighted by atomic mass is 10.1. The van der Waals surface area contributed by atoms with Gasteiger partial charge >= 0.3 is 5.97 Å². The van der Waals surface area contributed by atoms with Crippen molar-refractivity contribution in [2.75, 3.05) is 39.5 Å². The molecule has 0 radical (unpaired) electrons. The number of likely N-dealkylation sites (tertiary alicyclic amines) is 1. The molecule has 1 saturated heterocycles. The lowest BCUT2D eigenvalue weighted by Gasteiger charge is -2.18. The van der Waals surface area contributed by atoms with Crippen molar-refractivity contribution in [3.63, 3.8) is 0 Å². The number of fused-ring (bicyclic) bond motifs is 1. The average Bonchev–Trinajstić information content (AvgIpc) is 3.59. The number of nitrogens with zero attached hydrogens (tertiary/aromatic N) is 3. The van der Waals surface area contributed by atoms with Gasteiger partial charge in [-0.25, -0.2) is 9.48 Å². The van der Waals surface area contributed by atoms with E-state index in [9.17, 15) is 14.4 Å². The van der Waals surface area contributed by atoms with Gasteiger partial charge in [0.2, 0.25) is 5.91 Å². The second-order valence-corrected chi connectivity index (χ2v) is 9.20. The topological polar surface area (TPSA) is 112 Å². The molecule has 5 rings (SSSR count). The van der Waals surface area contributed by atoms with E-state index >= 15 is 0 Å². The third-order valence-electron chi connectivity index (χ3n) is 6.42. The molecule has 39 heavy (non-hydrogen) atoms. The molecule has 2 amide bonds. The van der Waals surface area contributed by atoms with Crippen molar-refractivity contribution in [3.8, 4) is 28.4 Å². The van der Waals surface area contributed by atoms with E-state index in [0.717, 1.165) is 24.2 Å². The van der Waals surface area contributed by atoms with Gasteiger partial charge in [-0.3, -0.25) is 9.59 Å². The summed E-state index contributed by atoms with van der Waals surface area (Å²) in [6.45, 7) is 2.39. The Morgan fingerprint density at radius 1 is 1.08 bits per heavy atom. The number of carbonyl (C=O) groups excluding carboxylic acids is 3. The van der Waals surface area contributed by atoms with Crippen LogP contribution in [0.25, 0.3) is 23.0 Å². The van der Waals surface area contributed by atoms with E-state index in [1.807, 2.05) is 54.7 Å². The van der Waals surface area contributed by atoms with Gasteiger partial charge in [-0.15, -0.1) is 0 Å². The highest BCUT2D eigenvalue weighted by Gasteiger charge is 2.19. The summed E-state index contributed by atoms with van der Waals surface area (Å²) in [6, 6.07) is 15.2. The van der Waals surface area contributed by atoms with E-state index in [1.54, 1.807) is 15.7 Å². The van der Waals surface area contributed by atoms with Gasteiger partial charge in [0, 0.05) is 49.5 Å². The maximum Gasteiger partial charge on any atom is 0.331 e. The van der Waals surface area contributed by atoms with E-state index in [0.29, 0.717) is 61.9 Å². The van der Waals surface area contributed by atoms with E-state index in [1.165, 1.54) is 6.08 Å². The number of nitrogens with one attached hydrogen (secondary N) is 1. The zero-order valence-electron chi connectivity index (χ0n) is 21.5. The molecule has 3 aromatic rings. The number of esters is 1. The van der Waals surface area contributed by atoms with Crippen LogP contribution in [0.4, 0.5) is 0 Å². The Kier molecular flexibility index (Phi) is 8.20. The fourth-order valence-corrected chi connectivity index (χ4v) is 4.47. The molecule has 3 heterocycles. The van der Waals surface area contributed by atoms with Crippen LogP contribution in [0.2, 0.25) is 0 Å². The van der Waals surface area contributed by atoms with Gasteiger partial charge in [-0.1, -0.05) is 18.2 Å². The van der Waals surface area contributed by atoms with Crippen LogP contribution in [-0.2, 0) is 19.1 Å². The summed E-state index contributed by atoms with van der Waals surface area (Å²) in [5, 5.41) is 7.47. The largest absolute Gasteiger partial charge is 0.486 e. The number of rotatable bonds is 10. The van der Waals surface area contributed by atoms with Gasteiger partial charge in [-0.2, -0.15) is 5.10 Å². The maximum atomic E-state index is 12.4. The van der Waals surface area contributed by atoms with Crippen LogP contribution in [0.15, 0.2) is 60.8 Å². The van der Waals surface area contributed by atoms with Crippen molar-refractivity contribution >= 4 is 23.9 Å². The van der Waals surface area contributed by atoms with Crippen LogP contribution in [0.5, 0.6) is 11.5 Å². The second-order valence-electron chi connectivity index (χ2n) is 9.20. The number of aromatic nitrogens is 2. The number of carbonyl (C=O) groups is 3. The normalized spacial score (nSPS) is 14.6. The Morgan fingerprint density at radius 3 is 2.69 bits per heavy atom. The van der Waals surface area contributed by atoms with E-state index in [2.05, 4.69) is 5.32 Å². The first-order chi connectivity index (χ1) is 19.1. The molecule has 202 valence electrons. The number of hydrogen-bond donors (Lipinski definition) is 1. The third kappa shape index (κ3) is 6.64. The van der Waals surface area contributed by atoms with Crippen molar-refractivity contribution in [1.29, 1.82) is 0 Å². The van der Waals surface area contributed by atoms with Crippen molar-refractivity contribution in [1.82, 2.24) is 20.0 Å². The summed E-state index contributed by atoms with van der Waals surface area (Å²) in [7, 11) is 0. The first-order valence-corrected chi connectivity index (χ1v) is 13.0. The minimum absolute atomic E-state index is 0.161. The Balaban J connectivity index is 1.21. The molecule has 10 heteroatoms. The Morgan fingerprint density at radius 2 is 1.90 bits per heavy atom.